The Labute approximate surface area is 131 Å². The molecule has 0 bridgehead atoms. The van der Waals surface area contributed by atoms with Gasteiger partial charge in [0, 0.05) is 16.8 Å². The molecule has 3 N–H and O–H groups in total. The largest absolute Gasteiger partial charge is 0.271 e. The Morgan fingerprint density at radius 2 is 2.14 bits per heavy atom. The summed E-state index contributed by atoms with van der Waals surface area (Å²) in [6.07, 6.45) is 4.76. The fourth-order valence-electron chi connectivity index (χ4n) is 3.44. The van der Waals surface area contributed by atoms with Crippen LogP contribution in [0.15, 0.2) is 29.6 Å². The first-order chi connectivity index (χ1) is 10.2. The van der Waals surface area contributed by atoms with Crippen LogP contribution in [0.4, 0.5) is 0 Å². The number of hydrogen-bond donors (Lipinski definition) is 2. The molecule has 0 spiro atoms. The third-order valence-electron chi connectivity index (χ3n) is 4.83. The summed E-state index contributed by atoms with van der Waals surface area (Å²) in [5.74, 6) is 6.45. The standard InChI is InChI=1S/C18H24N2S/c1-12-6-7-14(10-13(12)2)11-17(20-19)15-4-3-5-18-16(15)8-9-21-18/h6-10,15,17,20H,3-5,11,19H2,1-2H3. The van der Waals surface area contributed by atoms with Gasteiger partial charge in [0.05, 0.1) is 0 Å². The quantitative estimate of drug-likeness (QED) is 0.664. The number of hydrogen-bond acceptors (Lipinski definition) is 3. The Morgan fingerprint density at radius 1 is 1.29 bits per heavy atom. The van der Waals surface area contributed by atoms with Gasteiger partial charge < -0.3 is 0 Å². The Balaban J connectivity index is 1.81. The number of nitrogens with one attached hydrogen (secondary N) is 1. The van der Waals surface area contributed by atoms with Gasteiger partial charge in [-0.15, -0.1) is 11.3 Å². The lowest BCUT2D eigenvalue weighted by Gasteiger charge is -2.30. The van der Waals surface area contributed by atoms with Crippen molar-refractivity contribution in [1.82, 2.24) is 5.43 Å². The van der Waals surface area contributed by atoms with Crippen molar-refractivity contribution in [3.05, 3.63) is 56.8 Å². The average molecular weight is 300 g/mol. The van der Waals surface area contributed by atoms with Gasteiger partial charge in [-0.05, 0) is 73.2 Å². The average Bonchev–Trinajstić information content (AvgIpc) is 2.97. The minimum Gasteiger partial charge on any atom is -0.271 e. The normalized spacial score (nSPS) is 19.3. The highest BCUT2D eigenvalue weighted by Crippen LogP contribution is 2.37. The molecule has 0 amide bonds. The third kappa shape index (κ3) is 3.05. The Kier molecular flexibility index (Phi) is 4.43. The molecule has 0 radical (unpaired) electrons. The van der Waals surface area contributed by atoms with Crippen LogP contribution in [0.5, 0.6) is 0 Å². The van der Waals surface area contributed by atoms with Crippen LogP contribution >= 0.6 is 11.3 Å². The van der Waals surface area contributed by atoms with E-state index in [0.29, 0.717) is 12.0 Å². The number of nitrogens with two attached hydrogens (primary N) is 1. The Morgan fingerprint density at radius 3 is 2.90 bits per heavy atom. The van der Waals surface area contributed by atoms with E-state index in [9.17, 15) is 0 Å². The molecule has 3 heteroatoms. The van der Waals surface area contributed by atoms with Crippen LogP contribution < -0.4 is 11.3 Å². The molecule has 0 saturated carbocycles. The zero-order valence-corrected chi connectivity index (χ0v) is 13.7. The molecular formula is C18H24N2S. The summed E-state index contributed by atoms with van der Waals surface area (Å²) in [6, 6.07) is 9.38. The minimum absolute atomic E-state index is 0.320. The second-order valence-electron chi connectivity index (χ2n) is 6.19. The molecule has 2 unspecified atom stereocenters. The highest BCUT2D eigenvalue weighted by molar-refractivity contribution is 7.10. The molecule has 1 heterocycles. The van der Waals surface area contributed by atoms with Gasteiger partial charge in [-0.1, -0.05) is 18.2 Å². The van der Waals surface area contributed by atoms with Gasteiger partial charge >= 0.3 is 0 Å². The maximum atomic E-state index is 5.90. The fourth-order valence-corrected chi connectivity index (χ4v) is 4.44. The van der Waals surface area contributed by atoms with Gasteiger partial charge in [0.15, 0.2) is 0 Å². The Bertz CT molecular complexity index is 617. The number of fused-ring (bicyclic) bond motifs is 1. The number of hydrazine groups is 1. The third-order valence-corrected chi connectivity index (χ3v) is 5.82. The van der Waals surface area contributed by atoms with Crippen LogP contribution in [0.1, 0.15) is 45.9 Å². The van der Waals surface area contributed by atoms with Crippen molar-refractivity contribution in [2.45, 2.75) is 51.5 Å². The maximum absolute atomic E-state index is 5.90. The molecule has 1 aromatic carbocycles. The first-order valence-electron chi connectivity index (χ1n) is 7.77. The SMILES string of the molecule is Cc1ccc(CC(NN)C2CCCc3sccc32)cc1C. The lowest BCUT2D eigenvalue weighted by Crippen LogP contribution is -2.42. The van der Waals surface area contributed by atoms with E-state index >= 15 is 0 Å². The van der Waals surface area contributed by atoms with E-state index in [2.05, 4.69) is 48.9 Å². The molecule has 1 aromatic heterocycles. The molecule has 2 aromatic rings. The molecule has 2 nitrogen and oxygen atoms in total. The molecule has 21 heavy (non-hydrogen) atoms. The van der Waals surface area contributed by atoms with Gasteiger partial charge in [-0.25, -0.2) is 0 Å². The predicted octanol–water partition coefficient (Wildman–Crippen LogP) is 3.86. The summed E-state index contributed by atoms with van der Waals surface area (Å²) in [5, 5.41) is 2.23. The first-order valence-corrected chi connectivity index (χ1v) is 8.65. The van der Waals surface area contributed by atoms with Crippen LogP contribution in [0.25, 0.3) is 0 Å². The molecule has 3 rings (SSSR count). The topological polar surface area (TPSA) is 38.0 Å². The van der Waals surface area contributed by atoms with Crippen molar-refractivity contribution in [2.24, 2.45) is 5.84 Å². The lowest BCUT2D eigenvalue weighted by molar-refractivity contribution is 0.397. The molecule has 112 valence electrons. The van der Waals surface area contributed by atoms with Gasteiger partial charge in [0.25, 0.3) is 0 Å². The monoisotopic (exact) mass is 300 g/mol. The molecule has 0 saturated heterocycles. The van der Waals surface area contributed by atoms with E-state index in [4.69, 9.17) is 5.84 Å². The van der Waals surface area contributed by atoms with E-state index in [-0.39, 0.29) is 0 Å². The number of aryl methyl sites for hydroxylation is 3. The summed E-state index contributed by atoms with van der Waals surface area (Å²) in [5.41, 5.74) is 8.71. The van der Waals surface area contributed by atoms with E-state index in [1.54, 1.807) is 4.88 Å². The molecule has 2 atom stereocenters. The second-order valence-corrected chi connectivity index (χ2v) is 7.19. The molecule has 1 aliphatic carbocycles. The number of thiophene rings is 1. The summed E-state index contributed by atoms with van der Waals surface area (Å²) < 4.78 is 0. The van der Waals surface area contributed by atoms with Crippen molar-refractivity contribution in [3.63, 3.8) is 0 Å². The smallest absolute Gasteiger partial charge is 0.0319 e. The molecule has 0 fully saturated rings. The van der Waals surface area contributed by atoms with E-state index in [1.165, 1.54) is 41.5 Å². The number of rotatable bonds is 4. The van der Waals surface area contributed by atoms with Crippen molar-refractivity contribution in [1.29, 1.82) is 0 Å². The molecular weight excluding hydrogens is 276 g/mol. The first kappa shape index (κ1) is 14.8. The highest BCUT2D eigenvalue weighted by Gasteiger charge is 2.28. The van der Waals surface area contributed by atoms with Crippen molar-refractivity contribution in [3.8, 4) is 0 Å². The summed E-state index contributed by atoms with van der Waals surface area (Å²) in [4.78, 5) is 1.56. The molecule has 0 aliphatic heterocycles. The minimum atomic E-state index is 0.320. The van der Waals surface area contributed by atoms with Crippen LogP contribution in [0.3, 0.4) is 0 Å². The fraction of sp³-hybridized carbons (Fsp3) is 0.444. The van der Waals surface area contributed by atoms with Crippen molar-refractivity contribution >= 4 is 11.3 Å². The van der Waals surface area contributed by atoms with Gasteiger partial charge in [0.1, 0.15) is 0 Å². The van der Waals surface area contributed by atoms with Crippen LogP contribution in [-0.4, -0.2) is 6.04 Å². The summed E-state index contributed by atoms with van der Waals surface area (Å²) >= 11 is 1.90. The molecule has 1 aliphatic rings. The van der Waals surface area contributed by atoms with Crippen LogP contribution in [0.2, 0.25) is 0 Å². The lowest BCUT2D eigenvalue weighted by atomic mass is 9.80. The van der Waals surface area contributed by atoms with E-state index < -0.39 is 0 Å². The second kappa shape index (κ2) is 6.30. The van der Waals surface area contributed by atoms with Gasteiger partial charge in [-0.3, -0.25) is 11.3 Å². The highest BCUT2D eigenvalue weighted by atomic mass is 32.1. The van der Waals surface area contributed by atoms with Crippen LogP contribution in [-0.2, 0) is 12.8 Å². The van der Waals surface area contributed by atoms with Crippen LogP contribution in [0, 0.1) is 13.8 Å². The predicted molar refractivity (Wildman–Crippen MR) is 90.7 cm³/mol. The zero-order valence-electron chi connectivity index (χ0n) is 12.9. The Hall–Kier alpha value is -1.16. The summed E-state index contributed by atoms with van der Waals surface area (Å²) in [7, 11) is 0. The van der Waals surface area contributed by atoms with Gasteiger partial charge in [0.2, 0.25) is 0 Å². The van der Waals surface area contributed by atoms with Gasteiger partial charge in [-0.2, -0.15) is 0 Å². The van der Waals surface area contributed by atoms with E-state index in [0.717, 1.165) is 6.42 Å². The van der Waals surface area contributed by atoms with Crippen molar-refractivity contribution in [2.75, 3.05) is 0 Å². The number of benzene rings is 1. The summed E-state index contributed by atoms with van der Waals surface area (Å²) in [6.45, 7) is 4.35. The zero-order chi connectivity index (χ0) is 14.8. The maximum Gasteiger partial charge on any atom is 0.0319 e. The van der Waals surface area contributed by atoms with E-state index in [1.807, 2.05) is 11.3 Å². The van der Waals surface area contributed by atoms with Crippen molar-refractivity contribution < 1.29 is 0 Å².